The number of carboxylic acids is 1. The Morgan fingerprint density at radius 3 is 3.05 bits per heavy atom. The molecule has 1 radical (unpaired) electrons. The van der Waals surface area contributed by atoms with E-state index < -0.39 is 12.0 Å². The number of rotatable bonds is 2. The molecule has 95 valence electrons. The SMILES string of the molecule is C[n+]1[c-]ccc2nc(C3=NC(C(=O)O)CS3)sc21.[Y]. The van der Waals surface area contributed by atoms with Crippen molar-refractivity contribution in [3.8, 4) is 0 Å². The molecular formula is C11H9N3O2S2Y. The monoisotopic (exact) mass is 368 g/mol. The Kier molecular flexibility index (Phi) is 4.71. The standard InChI is InChI=1S/C11H9N3O2S2.Y/c1-14-4-2-3-6-10(14)18-9(12-6)8-13-7(5-17-8)11(15)16;/h2-3,7H,5H2,1H3,(H,15,16);. The van der Waals surface area contributed by atoms with E-state index in [1.54, 1.807) is 0 Å². The van der Waals surface area contributed by atoms with Crippen LogP contribution in [0.15, 0.2) is 17.1 Å². The van der Waals surface area contributed by atoms with Crippen LogP contribution in [-0.2, 0) is 44.6 Å². The van der Waals surface area contributed by atoms with Crippen LogP contribution in [0.4, 0.5) is 0 Å². The second-order valence-corrected chi connectivity index (χ2v) is 5.82. The molecular weight excluding hydrogens is 359 g/mol. The molecule has 3 rings (SSSR count). The normalized spacial score (nSPS) is 18.2. The van der Waals surface area contributed by atoms with Crippen LogP contribution in [0.1, 0.15) is 5.01 Å². The number of hydrogen-bond donors (Lipinski definition) is 1. The van der Waals surface area contributed by atoms with Gasteiger partial charge < -0.3 is 5.11 Å². The number of aliphatic carboxylic acids is 1. The van der Waals surface area contributed by atoms with Gasteiger partial charge in [-0.3, -0.25) is 14.5 Å². The largest absolute Gasteiger partial charge is 0.480 e. The Bertz CT molecular complexity index is 671. The predicted molar refractivity (Wildman–Crippen MR) is 70.1 cm³/mol. The van der Waals surface area contributed by atoms with Gasteiger partial charge in [0.15, 0.2) is 10.9 Å². The first-order chi connectivity index (χ1) is 8.65. The molecule has 0 aromatic carbocycles. The number of aromatic nitrogens is 2. The van der Waals surface area contributed by atoms with Gasteiger partial charge in [-0.25, -0.2) is 4.79 Å². The first-order valence-electron chi connectivity index (χ1n) is 5.26. The van der Waals surface area contributed by atoms with Gasteiger partial charge in [0.25, 0.3) is 0 Å². The quantitative estimate of drug-likeness (QED) is 0.631. The van der Waals surface area contributed by atoms with E-state index in [4.69, 9.17) is 5.11 Å². The molecule has 1 aliphatic heterocycles. The fraction of sp³-hybridized carbons (Fsp3) is 0.273. The van der Waals surface area contributed by atoms with E-state index in [0.29, 0.717) is 5.75 Å². The fourth-order valence-electron chi connectivity index (χ4n) is 1.67. The Morgan fingerprint density at radius 2 is 2.42 bits per heavy atom. The molecule has 2 aromatic rings. The molecule has 0 fully saturated rings. The van der Waals surface area contributed by atoms with E-state index in [9.17, 15) is 4.79 Å². The number of thiazole rings is 1. The van der Waals surface area contributed by atoms with E-state index in [-0.39, 0.29) is 32.7 Å². The third-order valence-electron chi connectivity index (χ3n) is 2.57. The van der Waals surface area contributed by atoms with Crippen LogP contribution < -0.4 is 4.57 Å². The molecule has 19 heavy (non-hydrogen) atoms. The summed E-state index contributed by atoms with van der Waals surface area (Å²) in [6, 6.07) is 3.07. The average molecular weight is 368 g/mol. The summed E-state index contributed by atoms with van der Waals surface area (Å²) in [5.41, 5.74) is 0.887. The maximum Gasteiger partial charge on any atom is 0.329 e. The van der Waals surface area contributed by atoms with E-state index in [2.05, 4.69) is 16.2 Å². The van der Waals surface area contributed by atoms with Crippen molar-refractivity contribution in [2.75, 3.05) is 5.75 Å². The smallest absolute Gasteiger partial charge is 0.329 e. The van der Waals surface area contributed by atoms with E-state index in [1.165, 1.54) is 23.1 Å². The Balaban J connectivity index is 0.00000133. The van der Waals surface area contributed by atoms with Crippen LogP contribution in [0.25, 0.3) is 10.3 Å². The summed E-state index contributed by atoms with van der Waals surface area (Å²) in [6.45, 7) is 0. The number of aryl methyl sites for hydroxylation is 1. The predicted octanol–water partition coefficient (Wildman–Crippen LogP) is 0.865. The zero-order valence-electron chi connectivity index (χ0n) is 10.0. The van der Waals surface area contributed by atoms with Crippen LogP contribution in [0.5, 0.6) is 0 Å². The molecule has 1 aliphatic rings. The Morgan fingerprint density at radius 1 is 1.63 bits per heavy atom. The summed E-state index contributed by atoms with van der Waals surface area (Å²) in [5, 5.41) is 10.4. The molecule has 2 aromatic heterocycles. The third-order valence-corrected chi connectivity index (χ3v) is 4.91. The summed E-state index contributed by atoms with van der Waals surface area (Å²) < 4.78 is 1.88. The number of carboxylic acid groups (broad SMARTS) is 1. The van der Waals surface area contributed by atoms with Gasteiger partial charge >= 0.3 is 5.97 Å². The molecule has 3 heterocycles. The van der Waals surface area contributed by atoms with E-state index in [0.717, 1.165) is 20.4 Å². The van der Waals surface area contributed by atoms with E-state index >= 15 is 0 Å². The average Bonchev–Trinajstić information content (AvgIpc) is 2.95. The van der Waals surface area contributed by atoms with Crippen molar-refractivity contribution in [1.29, 1.82) is 0 Å². The molecule has 0 saturated carbocycles. The van der Waals surface area contributed by atoms with Crippen LogP contribution in [0.3, 0.4) is 0 Å². The summed E-state index contributed by atoms with van der Waals surface area (Å²) in [6.07, 6.45) is 3.05. The van der Waals surface area contributed by atoms with Crippen LogP contribution in [0.2, 0.25) is 0 Å². The molecule has 0 bridgehead atoms. The van der Waals surface area contributed by atoms with Gasteiger partial charge in [-0.2, -0.15) is 0 Å². The number of fused-ring (bicyclic) bond motifs is 1. The van der Waals surface area contributed by atoms with Gasteiger partial charge in [-0.05, 0) is 0 Å². The zero-order valence-corrected chi connectivity index (χ0v) is 14.5. The number of hydrogen-bond acceptors (Lipinski definition) is 5. The zero-order chi connectivity index (χ0) is 12.7. The number of thioether (sulfide) groups is 1. The summed E-state index contributed by atoms with van der Waals surface area (Å²) in [7, 11) is 1.91. The van der Waals surface area contributed by atoms with Crippen molar-refractivity contribution in [1.82, 2.24) is 4.98 Å². The molecule has 0 saturated heterocycles. The molecule has 0 amide bonds. The Labute approximate surface area is 143 Å². The van der Waals surface area contributed by atoms with Crippen molar-refractivity contribution in [3.05, 3.63) is 23.3 Å². The molecule has 0 aliphatic carbocycles. The first-order valence-corrected chi connectivity index (χ1v) is 7.06. The molecule has 0 spiro atoms. The second-order valence-electron chi connectivity index (χ2n) is 3.83. The van der Waals surface area contributed by atoms with Crippen LogP contribution in [0, 0.1) is 6.20 Å². The minimum Gasteiger partial charge on any atom is -0.480 e. The van der Waals surface area contributed by atoms with Gasteiger partial charge in [0.05, 0.1) is 0 Å². The van der Waals surface area contributed by atoms with Gasteiger partial charge in [-0.1, -0.05) is 0 Å². The van der Waals surface area contributed by atoms with Crippen molar-refractivity contribution in [3.63, 3.8) is 0 Å². The maximum atomic E-state index is 10.9. The number of carbonyl (C=O) groups is 1. The minimum absolute atomic E-state index is 0. The van der Waals surface area contributed by atoms with Gasteiger partial charge in [0, 0.05) is 44.0 Å². The molecule has 1 atom stereocenters. The second kappa shape index (κ2) is 5.95. The number of nitrogens with zero attached hydrogens (tertiary/aromatic N) is 3. The number of aliphatic imine (C=N–C) groups is 1. The van der Waals surface area contributed by atoms with Crippen molar-refractivity contribution >= 4 is 44.5 Å². The summed E-state index contributed by atoms with van der Waals surface area (Å²) in [5.74, 6) is -0.392. The molecule has 1 unspecified atom stereocenters. The van der Waals surface area contributed by atoms with Gasteiger partial charge in [0.1, 0.15) is 23.3 Å². The molecule has 1 N–H and O–H groups in total. The van der Waals surface area contributed by atoms with E-state index in [1.807, 2.05) is 23.7 Å². The van der Waals surface area contributed by atoms with Gasteiger partial charge in [-0.15, -0.1) is 35.2 Å². The van der Waals surface area contributed by atoms with Crippen molar-refractivity contribution in [2.24, 2.45) is 12.0 Å². The van der Waals surface area contributed by atoms with Crippen LogP contribution in [-0.4, -0.2) is 32.9 Å². The van der Waals surface area contributed by atoms with Crippen LogP contribution >= 0.6 is 23.1 Å². The van der Waals surface area contributed by atoms with Crippen molar-refractivity contribution in [2.45, 2.75) is 6.04 Å². The third kappa shape index (κ3) is 2.89. The number of pyridine rings is 1. The minimum atomic E-state index is -0.877. The Hall–Kier alpha value is -0.366. The topological polar surface area (TPSA) is 66.4 Å². The maximum absolute atomic E-state index is 10.9. The molecule has 5 nitrogen and oxygen atoms in total. The summed E-state index contributed by atoms with van der Waals surface area (Å²) >= 11 is 2.96. The molecule has 8 heteroatoms. The first kappa shape index (κ1) is 15.0. The summed E-state index contributed by atoms with van der Waals surface area (Å²) in [4.78, 5) is 20.5. The fourth-order valence-corrected chi connectivity index (χ4v) is 3.75. The van der Waals surface area contributed by atoms with Gasteiger partial charge in [0.2, 0.25) is 0 Å². The van der Waals surface area contributed by atoms with Crippen molar-refractivity contribution < 1.29 is 47.2 Å².